The molecule has 2 aromatic heterocycles. The normalized spacial score (nSPS) is 19.0. The molecule has 5 heteroatoms. The molecule has 3 heterocycles. The first-order valence-electron chi connectivity index (χ1n) is 7.37. The Bertz CT molecular complexity index is 751. The van der Waals surface area contributed by atoms with E-state index in [1.807, 2.05) is 19.9 Å². The van der Waals surface area contributed by atoms with Gasteiger partial charge in [-0.1, -0.05) is 6.07 Å². The minimum atomic E-state index is -0.286. The Kier molecular flexibility index (Phi) is 3.49. The van der Waals surface area contributed by atoms with Gasteiger partial charge in [0.1, 0.15) is 11.2 Å². The zero-order valence-corrected chi connectivity index (χ0v) is 12.4. The predicted octanol–water partition coefficient (Wildman–Crippen LogP) is 2.02. The average Bonchev–Trinajstić information content (AvgIpc) is 2.48. The van der Waals surface area contributed by atoms with Gasteiger partial charge < -0.3 is 4.90 Å². The zero-order valence-electron chi connectivity index (χ0n) is 12.4. The molecule has 0 N–H and O–H groups in total. The molecule has 0 radical (unpaired) electrons. The van der Waals surface area contributed by atoms with Crippen molar-refractivity contribution >= 4 is 11.6 Å². The second-order valence-electron chi connectivity index (χ2n) is 5.71. The predicted molar refractivity (Wildman–Crippen MR) is 80.5 cm³/mol. The first kappa shape index (κ1) is 13.8. The smallest absolute Gasteiger partial charge is 0.270 e. The fourth-order valence-electron chi connectivity index (χ4n) is 2.95. The molecule has 110 valence electrons. The molecule has 1 fully saturated rings. The summed E-state index contributed by atoms with van der Waals surface area (Å²) in [4.78, 5) is 31.3. The molecule has 3 rings (SSSR count). The maximum absolute atomic E-state index is 12.6. The van der Waals surface area contributed by atoms with Crippen LogP contribution in [0, 0.1) is 6.92 Å². The van der Waals surface area contributed by atoms with Crippen LogP contribution in [0.2, 0.25) is 0 Å². The van der Waals surface area contributed by atoms with Crippen molar-refractivity contribution in [2.45, 2.75) is 39.2 Å². The van der Waals surface area contributed by atoms with Crippen molar-refractivity contribution < 1.29 is 4.79 Å². The SMILES string of the molecule is Cc1cccn2c(=O)c(C(=O)N3CCCCC3C)cnc12. The highest BCUT2D eigenvalue weighted by Gasteiger charge is 2.26. The highest BCUT2D eigenvalue weighted by Crippen LogP contribution is 2.18. The molecule has 0 saturated carbocycles. The van der Waals surface area contributed by atoms with Crippen LogP contribution in [-0.4, -0.2) is 32.8 Å². The minimum Gasteiger partial charge on any atom is -0.336 e. The Hall–Kier alpha value is -2.17. The number of carbonyl (C=O) groups is 1. The average molecular weight is 285 g/mol. The molecule has 0 aliphatic carbocycles. The van der Waals surface area contributed by atoms with Crippen LogP contribution in [0.3, 0.4) is 0 Å². The van der Waals surface area contributed by atoms with Gasteiger partial charge in [0.05, 0.1) is 0 Å². The van der Waals surface area contributed by atoms with Crippen LogP contribution in [0.4, 0.5) is 0 Å². The van der Waals surface area contributed by atoms with Gasteiger partial charge in [0.2, 0.25) is 0 Å². The number of aryl methyl sites for hydroxylation is 1. The number of nitrogens with zero attached hydrogens (tertiary/aromatic N) is 3. The summed E-state index contributed by atoms with van der Waals surface area (Å²) < 4.78 is 1.46. The Morgan fingerprint density at radius 1 is 1.38 bits per heavy atom. The highest BCUT2D eigenvalue weighted by atomic mass is 16.2. The number of hydrogen-bond acceptors (Lipinski definition) is 3. The molecule has 0 aromatic carbocycles. The van der Waals surface area contributed by atoms with Crippen molar-refractivity contribution in [3.8, 4) is 0 Å². The molecule has 1 saturated heterocycles. The second-order valence-corrected chi connectivity index (χ2v) is 5.71. The lowest BCUT2D eigenvalue weighted by molar-refractivity contribution is 0.0633. The van der Waals surface area contributed by atoms with Crippen molar-refractivity contribution in [1.29, 1.82) is 0 Å². The van der Waals surface area contributed by atoms with Crippen LogP contribution in [0.15, 0.2) is 29.3 Å². The van der Waals surface area contributed by atoms with Crippen molar-refractivity contribution in [2.75, 3.05) is 6.54 Å². The Balaban J connectivity index is 2.07. The zero-order chi connectivity index (χ0) is 15.0. The molecular weight excluding hydrogens is 266 g/mol. The summed E-state index contributed by atoms with van der Waals surface area (Å²) in [5.41, 5.74) is 1.39. The second kappa shape index (κ2) is 5.31. The van der Waals surface area contributed by atoms with Gasteiger partial charge in [-0.15, -0.1) is 0 Å². The van der Waals surface area contributed by atoms with E-state index in [1.54, 1.807) is 17.2 Å². The van der Waals surface area contributed by atoms with Crippen molar-refractivity contribution in [1.82, 2.24) is 14.3 Å². The van der Waals surface area contributed by atoms with E-state index < -0.39 is 0 Å². The van der Waals surface area contributed by atoms with Crippen LogP contribution in [0.5, 0.6) is 0 Å². The number of aromatic nitrogens is 2. The minimum absolute atomic E-state index is 0.159. The maximum Gasteiger partial charge on any atom is 0.270 e. The quantitative estimate of drug-likeness (QED) is 0.805. The Labute approximate surface area is 123 Å². The number of pyridine rings is 1. The lowest BCUT2D eigenvalue weighted by atomic mass is 10.0. The van der Waals surface area contributed by atoms with Gasteiger partial charge in [-0.3, -0.25) is 14.0 Å². The van der Waals surface area contributed by atoms with E-state index in [2.05, 4.69) is 4.98 Å². The number of fused-ring (bicyclic) bond motifs is 1. The lowest BCUT2D eigenvalue weighted by Gasteiger charge is -2.33. The summed E-state index contributed by atoms with van der Waals surface area (Å²) >= 11 is 0. The van der Waals surface area contributed by atoms with E-state index in [4.69, 9.17) is 0 Å². The van der Waals surface area contributed by atoms with Crippen LogP contribution in [0.25, 0.3) is 5.65 Å². The summed E-state index contributed by atoms with van der Waals surface area (Å²) in [5.74, 6) is -0.199. The Morgan fingerprint density at radius 3 is 2.95 bits per heavy atom. The molecule has 21 heavy (non-hydrogen) atoms. The van der Waals surface area contributed by atoms with Gasteiger partial charge >= 0.3 is 0 Å². The summed E-state index contributed by atoms with van der Waals surface area (Å²) in [6, 6.07) is 3.88. The van der Waals surface area contributed by atoms with E-state index in [0.29, 0.717) is 5.65 Å². The molecule has 1 aliphatic heterocycles. The molecule has 0 bridgehead atoms. The number of rotatable bonds is 1. The van der Waals surface area contributed by atoms with Gasteiger partial charge in [0.25, 0.3) is 11.5 Å². The standard InChI is InChI=1S/C16H19N3O2/c1-11-6-5-9-19-14(11)17-10-13(16(19)21)15(20)18-8-4-3-7-12(18)2/h5-6,9-10,12H,3-4,7-8H2,1-2H3. The summed E-state index contributed by atoms with van der Waals surface area (Å²) in [7, 11) is 0. The number of amides is 1. The molecule has 0 spiro atoms. The molecule has 1 unspecified atom stereocenters. The van der Waals surface area contributed by atoms with Gasteiger partial charge in [0.15, 0.2) is 0 Å². The largest absolute Gasteiger partial charge is 0.336 e. The van der Waals surface area contributed by atoms with E-state index in [0.717, 1.165) is 31.4 Å². The van der Waals surface area contributed by atoms with Crippen molar-refractivity contribution in [3.05, 3.63) is 46.0 Å². The van der Waals surface area contributed by atoms with Crippen LogP contribution in [-0.2, 0) is 0 Å². The van der Waals surface area contributed by atoms with Crippen LogP contribution >= 0.6 is 0 Å². The summed E-state index contributed by atoms with van der Waals surface area (Å²) in [6.07, 6.45) is 6.21. The van der Waals surface area contributed by atoms with E-state index in [1.165, 1.54) is 10.6 Å². The fourth-order valence-corrected chi connectivity index (χ4v) is 2.95. The van der Waals surface area contributed by atoms with Crippen LogP contribution < -0.4 is 5.56 Å². The third-order valence-electron chi connectivity index (χ3n) is 4.22. The summed E-state index contributed by atoms with van der Waals surface area (Å²) in [6.45, 7) is 4.65. The maximum atomic E-state index is 12.6. The van der Waals surface area contributed by atoms with Gasteiger partial charge in [-0.05, 0) is 44.7 Å². The molecule has 5 nitrogen and oxygen atoms in total. The number of hydrogen-bond donors (Lipinski definition) is 0. The molecule has 2 aromatic rings. The third-order valence-corrected chi connectivity index (χ3v) is 4.22. The topological polar surface area (TPSA) is 54.7 Å². The number of piperidine rings is 1. The van der Waals surface area contributed by atoms with E-state index >= 15 is 0 Å². The Morgan fingerprint density at radius 2 is 2.19 bits per heavy atom. The van der Waals surface area contributed by atoms with Gasteiger partial charge in [0, 0.05) is 25.0 Å². The summed E-state index contributed by atoms with van der Waals surface area (Å²) in [5, 5.41) is 0. The van der Waals surface area contributed by atoms with Crippen molar-refractivity contribution in [2.24, 2.45) is 0 Å². The third kappa shape index (κ3) is 2.33. The molecule has 1 atom stereocenters. The molecular formula is C16H19N3O2. The number of likely N-dealkylation sites (tertiary alicyclic amines) is 1. The first-order chi connectivity index (χ1) is 10.1. The van der Waals surface area contributed by atoms with E-state index in [-0.39, 0.29) is 23.1 Å². The molecule has 1 aliphatic rings. The highest BCUT2D eigenvalue weighted by molar-refractivity contribution is 5.94. The molecule has 1 amide bonds. The van der Waals surface area contributed by atoms with E-state index in [9.17, 15) is 9.59 Å². The monoisotopic (exact) mass is 285 g/mol. The van der Waals surface area contributed by atoms with Crippen LogP contribution in [0.1, 0.15) is 42.1 Å². The first-order valence-corrected chi connectivity index (χ1v) is 7.37. The lowest BCUT2D eigenvalue weighted by Crippen LogP contribution is -2.44. The fraction of sp³-hybridized carbons (Fsp3) is 0.438. The van der Waals surface area contributed by atoms with Gasteiger partial charge in [-0.25, -0.2) is 4.98 Å². The number of carbonyl (C=O) groups excluding carboxylic acids is 1. The van der Waals surface area contributed by atoms with Gasteiger partial charge in [-0.2, -0.15) is 0 Å². The van der Waals surface area contributed by atoms with Crippen molar-refractivity contribution in [3.63, 3.8) is 0 Å².